The van der Waals surface area contributed by atoms with Gasteiger partial charge in [-0.15, -0.1) is 0 Å². The van der Waals surface area contributed by atoms with E-state index in [1.54, 1.807) is 12.1 Å². The Morgan fingerprint density at radius 2 is 0.885 bits per heavy atom. The van der Waals surface area contributed by atoms with Gasteiger partial charge in [0.25, 0.3) is 0 Å². The van der Waals surface area contributed by atoms with Crippen molar-refractivity contribution < 1.29 is 17.6 Å². The van der Waals surface area contributed by atoms with Crippen LogP contribution in [-0.4, -0.2) is 0 Å². The van der Waals surface area contributed by atoms with E-state index in [4.69, 9.17) is 0 Å². The summed E-state index contributed by atoms with van der Waals surface area (Å²) in [5, 5.41) is 0. The van der Waals surface area contributed by atoms with Crippen LogP contribution in [0.25, 0.3) is 0 Å². The first-order valence-electron chi connectivity index (χ1n) is 8.06. The molecule has 134 valence electrons. The van der Waals surface area contributed by atoms with Gasteiger partial charge in [-0.25, -0.2) is 17.6 Å². The first kappa shape index (κ1) is 18.0. The topological polar surface area (TPSA) is 3.24 Å². The minimum atomic E-state index is -0.731. The van der Waals surface area contributed by atoms with Crippen LogP contribution < -0.4 is 4.90 Å². The van der Waals surface area contributed by atoms with Gasteiger partial charge in [0, 0.05) is 16.8 Å². The largest absolute Gasteiger partial charge is 0.310 e. The third-order valence-electron chi connectivity index (χ3n) is 4.34. The third-order valence-corrected chi connectivity index (χ3v) is 4.34. The molecule has 0 aliphatic heterocycles. The predicted octanol–water partition coefficient (Wildman–Crippen LogP) is 6.64. The molecular weight excluding hydrogens is 342 g/mol. The molecule has 0 unspecified atom stereocenters. The average molecular weight is 359 g/mol. The van der Waals surface area contributed by atoms with Crippen molar-refractivity contribution in [1.29, 1.82) is 0 Å². The van der Waals surface area contributed by atoms with Gasteiger partial charge in [-0.05, 0) is 57.2 Å². The SMILES string of the molecule is Cc1ccc(N(c2cc(F)c(C)c(F)c2)c2cc(F)c(C)c(F)c2)cc1. The van der Waals surface area contributed by atoms with Crippen molar-refractivity contribution in [3.63, 3.8) is 0 Å². The zero-order valence-corrected chi connectivity index (χ0v) is 14.6. The Labute approximate surface area is 149 Å². The van der Waals surface area contributed by atoms with Crippen molar-refractivity contribution in [1.82, 2.24) is 0 Å². The van der Waals surface area contributed by atoms with E-state index in [2.05, 4.69) is 0 Å². The molecule has 3 aromatic rings. The summed E-state index contributed by atoms with van der Waals surface area (Å²) in [6, 6.07) is 11.7. The minimum absolute atomic E-state index is 0.112. The van der Waals surface area contributed by atoms with Gasteiger partial charge in [-0.3, -0.25) is 0 Å². The number of anilines is 3. The van der Waals surface area contributed by atoms with E-state index in [0.29, 0.717) is 5.69 Å². The van der Waals surface area contributed by atoms with Crippen molar-refractivity contribution in [2.24, 2.45) is 0 Å². The smallest absolute Gasteiger partial charge is 0.131 e. The van der Waals surface area contributed by atoms with Gasteiger partial charge < -0.3 is 4.90 Å². The molecule has 0 atom stereocenters. The van der Waals surface area contributed by atoms with E-state index in [1.807, 2.05) is 19.1 Å². The number of hydrogen-bond donors (Lipinski definition) is 0. The highest BCUT2D eigenvalue weighted by Gasteiger charge is 2.19. The molecule has 0 fully saturated rings. The van der Waals surface area contributed by atoms with E-state index in [9.17, 15) is 17.6 Å². The van der Waals surface area contributed by atoms with Crippen LogP contribution in [0.2, 0.25) is 0 Å². The molecule has 0 N–H and O–H groups in total. The summed E-state index contributed by atoms with van der Waals surface area (Å²) in [5.74, 6) is -2.93. The lowest BCUT2D eigenvalue weighted by Crippen LogP contribution is -2.12. The molecule has 0 radical (unpaired) electrons. The number of aryl methyl sites for hydroxylation is 1. The van der Waals surface area contributed by atoms with Gasteiger partial charge in [-0.1, -0.05) is 17.7 Å². The summed E-state index contributed by atoms with van der Waals surface area (Å²) in [6.45, 7) is 4.55. The van der Waals surface area contributed by atoms with E-state index < -0.39 is 23.3 Å². The van der Waals surface area contributed by atoms with Crippen LogP contribution in [0.5, 0.6) is 0 Å². The van der Waals surface area contributed by atoms with Gasteiger partial charge in [-0.2, -0.15) is 0 Å². The third kappa shape index (κ3) is 3.29. The van der Waals surface area contributed by atoms with Crippen LogP contribution in [0.15, 0.2) is 48.5 Å². The first-order valence-corrected chi connectivity index (χ1v) is 8.06. The summed E-state index contributed by atoms with van der Waals surface area (Å²) in [4.78, 5) is 1.41. The van der Waals surface area contributed by atoms with E-state index in [1.165, 1.54) is 18.7 Å². The van der Waals surface area contributed by atoms with Gasteiger partial charge in [0.15, 0.2) is 0 Å². The Kier molecular flexibility index (Phi) is 4.72. The molecule has 0 saturated heterocycles. The summed E-state index contributed by atoms with van der Waals surface area (Å²) in [5.41, 5.74) is 1.56. The Morgan fingerprint density at radius 1 is 0.538 bits per heavy atom. The molecule has 0 aliphatic carbocycles. The number of benzene rings is 3. The molecule has 0 bridgehead atoms. The normalized spacial score (nSPS) is 10.9. The number of hydrogen-bond acceptors (Lipinski definition) is 1. The second-order valence-electron chi connectivity index (χ2n) is 6.24. The Bertz CT molecular complexity index is 861. The number of rotatable bonds is 3. The number of halogens is 4. The summed E-state index contributed by atoms with van der Waals surface area (Å²) >= 11 is 0. The predicted molar refractivity (Wildman–Crippen MR) is 95.2 cm³/mol. The Balaban J connectivity index is 2.25. The zero-order chi connectivity index (χ0) is 19.0. The van der Waals surface area contributed by atoms with Gasteiger partial charge in [0.1, 0.15) is 23.3 Å². The van der Waals surface area contributed by atoms with Crippen LogP contribution in [0.1, 0.15) is 16.7 Å². The van der Waals surface area contributed by atoms with Crippen molar-refractivity contribution in [3.8, 4) is 0 Å². The van der Waals surface area contributed by atoms with Crippen LogP contribution in [0.3, 0.4) is 0 Å². The van der Waals surface area contributed by atoms with Crippen molar-refractivity contribution in [2.75, 3.05) is 4.90 Å². The molecule has 0 aliphatic rings. The fraction of sp³-hybridized carbons (Fsp3) is 0.143. The highest BCUT2D eigenvalue weighted by molar-refractivity contribution is 5.77. The molecule has 0 spiro atoms. The van der Waals surface area contributed by atoms with Crippen LogP contribution in [0.4, 0.5) is 34.6 Å². The van der Waals surface area contributed by atoms with Crippen LogP contribution in [-0.2, 0) is 0 Å². The molecule has 0 heterocycles. The van der Waals surface area contributed by atoms with Crippen molar-refractivity contribution >= 4 is 17.1 Å². The fourth-order valence-electron chi connectivity index (χ4n) is 2.66. The molecule has 26 heavy (non-hydrogen) atoms. The fourth-order valence-corrected chi connectivity index (χ4v) is 2.66. The maximum absolute atomic E-state index is 14.1. The maximum atomic E-state index is 14.1. The first-order chi connectivity index (χ1) is 12.3. The molecule has 3 aromatic carbocycles. The average Bonchev–Trinajstić information content (AvgIpc) is 2.59. The lowest BCUT2D eigenvalue weighted by molar-refractivity contribution is 0.567. The van der Waals surface area contributed by atoms with Crippen LogP contribution >= 0.6 is 0 Å². The van der Waals surface area contributed by atoms with E-state index >= 15 is 0 Å². The molecule has 3 rings (SSSR count). The van der Waals surface area contributed by atoms with Gasteiger partial charge >= 0.3 is 0 Å². The highest BCUT2D eigenvalue weighted by atomic mass is 19.1. The molecule has 1 nitrogen and oxygen atoms in total. The second-order valence-corrected chi connectivity index (χ2v) is 6.24. The summed E-state index contributed by atoms with van der Waals surface area (Å²) < 4.78 is 56.4. The molecule has 0 amide bonds. The summed E-state index contributed by atoms with van der Waals surface area (Å²) in [6.07, 6.45) is 0. The quantitative estimate of drug-likeness (QED) is 0.474. The highest BCUT2D eigenvalue weighted by Crippen LogP contribution is 2.37. The van der Waals surface area contributed by atoms with Gasteiger partial charge in [0.2, 0.25) is 0 Å². The molecule has 0 aromatic heterocycles. The van der Waals surface area contributed by atoms with Crippen molar-refractivity contribution in [3.05, 3.63) is 88.5 Å². The number of nitrogens with zero attached hydrogens (tertiary/aromatic N) is 1. The maximum Gasteiger partial charge on any atom is 0.131 e. The molecular formula is C21H17F4N. The zero-order valence-electron chi connectivity index (χ0n) is 14.6. The monoisotopic (exact) mass is 359 g/mol. The van der Waals surface area contributed by atoms with E-state index in [0.717, 1.165) is 29.8 Å². The second kappa shape index (κ2) is 6.83. The Morgan fingerprint density at radius 3 is 1.23 bits per heavy atom. The molecule has 5 heteroatoms. The summed E-state index contributed by atoms with van der Waals surface area (Å²) in [7, 11) is 0. The standard InChI is InChI=1S/C21H17F4N/c1-12-4-6-15(7-5-12)26(16-8-18(22)13(2)19(23)9-16)17-10-20(24)14(3)21(25)11-17/h4-11H,1-3H3. The minimum Gasteiger partial charge on any atom is -0.310 e. The van der Waals surface area contributed by atoms with Gasteiger partial charge in [0.05, 0.1) is 11.4 Å². The van der Waals surface area contributed by atoms with Crippen molar-refractivity contribution in [2.45, 2.75) is 20.8 Å². The Hall–Kier alpha value is -2.82. The lowest BCUT2D eigenvalue weighted by Gasteiger charge is -2.26. The molecule has 0 saturated carbocycles. The van der Waals surface area contributed by atoms with E-state index in [-0.39, 0.29) is 22.5 Å². The van der Waals surface area contributed by atoms with Crippen LogP contribution in [0, 0.1) is 44.0 Å². The lowest BCUT2D eigenvalue weighted by atomic mass is 10.1.